The Hall–Kier alpha value is -1.67. The third kappa shape index (κ3) is 5.44. The van der Waals surface area contributed by atoms with Gasteiger partial charge in [0.15, 0.2) is 5.13 Å². The number of hydrogen-bond donors (Lipinski definition) is 0. The van der Waals surface area contributed by atoms with E-state index in [2.05, 4.69) is 20.8 Å². The average molecular weight is 485 g/mol. The van der Waals surface area contributed by atoms with Crippen LogP contribution in [0, 0.1) is 0 Å². The Labute approximate surface area is 183 Å². The number of amides is 1. The van der Waals surface area contributed by atoms with Crippen LogP contribution in [0.1, 0.15) is 17.3 Å². The van der Waals surface area contributed by atoms with Gasteiger partial charge in [0.25, 0.3) is 5.91 Å². The van der Waals surface area contributed by atoms with Gasteiger partial charge in [0.05, 0.1) is 16.8 Å². The number of carbonyl (C=O) groups is 1. The quantitative estimate of drug-likeness (QED) is 0.469. The van der Waals surface area contributed by atoms with Crippen LogP contribution >= 0.6 is 39.7 Å². The van der Waals surface area contributed by atoms with E-state index in [1.165, 1.54) is 11.3 Å². The van der Waals surface area contributed by atoms with Gasteiger partial charge in [-0.3, -0.25) is 9.69 Å². The smallest absolute Gasteiger partial charge is 0.260 e. The Morgan fingerprint density at radius 3 is 2.50 bits per heavy atom. The van der Waals surface area contributed by atoms with Gasteiger partial charge in [0.2, 0.25) is 0 Å². The van der Waals surface area contributed by atoms with Crippen molar-refractivity contribution in [2.75, 3.05) is 38.7 Å². The first-order chi connectivity index (χ1) is 13.0. The van der Waals surface area contributed by atoms with E-state index in [-0.39, 0.29) is 18.3 Å². The minimum atomic E-state index is -0.0477. The molecule has 3 rings (SSSR count). The summed E-state index contributed by atoms with van der Waals surface area (Å²) >= 11 is 4.92. The van der Waals surface area contributed by atoms with Crippen LogP contribution in [0.25, 0.3) is 10.2 Å². The zero-order chi connectivity index (χ0) is 19.4. The number of ether oxygens (including phenoxy) is 1. The van der Waals surface area contributed by atoms with Crippen LogP contribution in [0.15, 0.2) is 46.9 Å². The molecule has 8 heteroatoms. The maximum Gasteiger partial charge on any atom is 0.260 e. The summed E-state index contributed by atoms with van der Waals surface area (Å²) in [7, 11) is 3.99. The summed E-state index contributed by atoms with van der Waals surface area (Å²) in [6.45, 7) is 3.90. The van der Waals surface area contributed by atoms with Gasteiger partial charge in [-0.05, 0) is 63.5 Å². The van der Waals surface area contributed by atoms with Crippen LogP contribution < -0.4 is 9.64 Å². The number of benzene rings is 2. The van der Waals surface area contributed by atoms with Gasteiger partial charge in [-0.1, -0.05) is 27.3 Å². The van der Waals surface area contributed by atoms with Crippen molar-refractivity contribution in [2.24, 2.45) is 0 Å². The Bertz CT molecular complexity index is 931. The summed E-state index contributed by atoms with van der Waals surface area (Å²) in [4.78, 5) is 21.7. The van der Waals surface area contributed by atoms with Crippen molar-refractivity contribution >= 4 is 60.9 Å². The molecule has 0 aliphatic rings. The predicted octanol–water partition coefficient (Wildman–Crippen LogP) is 5.09. The lowest BCUT2D eigenvalue weighted by Gasteiger charge is -2.22. The van der Waals surface area contributed by atoms with Gasteiger partial charge in [-0.15, -0.1) is 12.4 Å². The fourth-order valence-corrected chi connectivity index (χ4v) is 3.88. The number of aromatic nitrogens is 1. The van der Waals surface area contributed by atoms with Gasteiger partial charge in [0.1, 0.15) is 5.75 Å². The Kier molecular flexibility index (Phi) is 8.24. The second-order valence-electron chi connectivity index (χ2n) is 6.33. The van der Waals surface area contributed by atoms with Crippen molar-refractivity contribution in [3.05, 3.63) is 52.5 Å². The molecule has 0 unspecified atom stereocenters. The van der Waals surface area contributed by atoms with Gasteiger partial charge < -0.3 is 9.64 Å². The summed E-state index contributed by atoms with van der Waals surface area (Å²) in [5.41, 5.74) is 1.52. The van der Waals surface area contributed by atoms with Gasteiger partial charge in [-0.25, -0.2) is 4.98 Å². The molecule has 0 bridgehead atoms. The highest BCUT2D eigenvalue weighted by atomic mass is 79.9. The molecule has 0 saturated heterocycles. The highest BCUT2D eigenvalue weighted by Crippen LogP contribution is 2.32. The van der Waals surface area contributed by atoms with E-state index in [1.807, 2.05) is 63.5 Å². The lowest BCUT2D eigenvalue weighted by Crippen LogP contribution is -2.36. The van der Waals surface area contributed by atoms with Gasteiger partial charge in [0, 0.05) is 23.1 Å². The van der Waals surface area contributed by atoms with Crippen molar-refractivity contribution in [1.82, 2.24) is 9.88 Å². The summed E-state index contributed by atoms with van der Waals surface area (Å²) < 4.78 is 7.53. The third-order valence-corrected chi connectivity index (χ3v) is 5.57. The van der Waals surface area contributed by atoms with Crippen molar-refractivity contribution in [2.45, 2.75) is 6.92 Å². The number of halogens is 2. The maximum atomic E-state index is 13.1. The molecule has 28 heavy (non-hydrogen) atoms. The second-order valence-corrected chi connectivity index (χ2v) is 8.25. The molecule has 0 aliphatic heterocycles. The molecule has 0 N–H and O–H groups in total. The SMILES string of the molecule is CCOc1ccc2nc(N(CCN(C)C)C(=O)c3ccc(Br)cc3)sc2c1.Cl. The summed E-state index contributed by atoms with van der Waals surface area (Å²) in [6.07, 6.45) is 0. The molecule has 3 aromatic rings. The molecule has 1 aromatic heterocycles. The number of rotatable bonds is 7. The van der Waals surface area contributed by atoms with Crippen LogP contribution in [0.3, 0.4) is 0 Å². The summed E-state index contributed by atoms with van der Waals surface area (Å²) in [5, 5.41) is 0.702. The van der Waals surface area contributed by atoms with Crippen LogP contribution in [-0.2, 0) is 0 Å². The highest BCUT2D eigenvalue weighted by molar-refractivity contribution is 9.10. The molecule has 0 fully saturated rings. The first-order valence-corrected chi connectivity index (χ1v) is 10.3. The van der Waals surface area contributed by atoms with Gasteiger partial charge >= 0.3 is 0 Å². The standard InChI is InChI=1S/C20H22BrN3O2S.ClH/c1-4-26-16-9-10-17-18(13-16)27-20(22-17)24(12-11-23(2)3)19(25)14-5-7-15(21)8-6-14;/h5-10,13H,4,11-12H2,1-3H3;1H. The number of anilines is 1. The number of fused-ring (bicyclic) bond motifs is 1. The molecule has 1 amide bonds. The molecule has 0 aliphatic carbocycles. The first-order valence-electron chi connectivity index (χ1n) is 8.73. The Morgan fingerprint density at radius 2 is 1.86 bits per heavy atom. The fraction of sp³-hybridized carbons (Fsp3) is 0.300. The van der Waals surface area contributed by atoms with E-state index < -0.39 is 0 Å². The van der Waals surface area contributed by atoms with Crippen LogP contribution in [0.5, 0.6) is 5.75 Å². The molecule has 0 spiro atoms. The molecule has 0 saturated carbocycles. The van der Waals surface area contributed by atoms with E-state index in [0.29, 0.717) is 23.8 Å². The minimum Gasteiger partial charge on any atom is -0.494 e. The summed E-state index contributed by atoms with van der Waals surface area (Å²) in [5.74, 6) is 0.771. The number of nitrogens with zero attached hydrogens (tertiary/aromatic N) is 3. The second kappa shape index (κ2) is 10.2. The number of likely N-dealkylation sites (N-methyl/N-ethyl adjacent to an activating group) is 1. The molecule has 150 valence electrons. The first kappa shape index (κ1) is 22.6. The normalized spacial score (nSPS) is 10.8. The highest BCUT2D eigenvalue weighted by Gasteiger charge is 2.21. The van der Waals surface area contributed by atoms with E-state index in [9.17, 15) is 4.79 Å². The molecular weight excluding hydrogens is 462 g/mol. The molecule has 0 radical (unpaired) electrons. The molecule has 0 atom stereocenters. The van der Waals surface area contributed by atoms with E-state index in [0.717, 1.165) is 27.0 Å². The van der Waals surface area contributed by atoms with Crippen molar-refractivity contribution in [3.63, 3.8) is 0 Å². The van der Waals surface area contributed by atoms with Crippen molar-refractivity contribution in [3.8, 4) is 5.75 Å². The maximum absolute atomic E-state index is 13.1. The fourth-order valence-electron chi connectivity index (χ4n) is 2.60. The lowest BCUT2D eigenvalue weighted by atomic mass is 10.2. The van der Waals surface area contributed by atoms with E-state index in [1.54, 1.807) is 4.90 Å². The molecule has 2 aromatic carbocycles. The zero-order valence-corrected chi connectivity index (χ0v) is 19.2. The van der Waals surface area contributed by atoms with Crippen LogP contribution in [0.2, 0.25) is 0 Å². The Morgan fingerprint density at radius 1 is 1.14 bits per heavy atom. The number of carbonyl (C=O) groups excluding carboxylic acids is 1. The molecule has 5 nitrogen and oxygen atoms in total. The lowest BCUT2D eigenvalue weighted by molar-refractivity contribution is 0.0985. The predicted molar refractivity (Wildman–Crippen MR) is 122 cm³/mol. The Balaban J connectivity index is 0.00000280. The third-order valence-electron chi connectivity index (χ3n) is 4.00. The van der Waals surface area contributed by atoms with Crippen molar-refractivity contribution < 1.29 is 9.53 Å². The van der Waals surface area contributed by atoms with E-state index in [4.69, 9.17) is 9.72 Å². The molecular formula is C20H23BrClN3O2S. The summed E-state index contributed by atoms with van der Waals surface area (Å²) in [6, 6.07) is 13.2. The van der Waals surface area contributed by atoms with Crippen molar-refractivity contribution in [1.29, 1.82) is 0 Å². The number of thiazole rings is 1. The monoisotopic (exact) mass is 483 g/mol. The van der Waals surface area contributed by atoms with Gasteiger partial charge in [-0.2, -0.15) is 0 Å². The van der Waals surface area contributed by atoms with Crippen LogP contribution in [0.4, 0.5) is 5.13 Å². The number of hydrogen-bond acceptors (Lipinski definition) is 5. The van der Waals surface area contributed by atoms with E-state index >= 15 is 0 Å². The topological polar surface area (TPSA) is 45.7 Å². The minimum absolute atomic E-state index is 0. The average Bonchev–Trinajstić information content (AvgIpc) is 3.05. The van der Waals surface area contributed by atoms with Crippen LogP contribution in [-0.4, -0.2) is 49.6 Å². The molecule has 1 heterocycles. The largest absolute Gasteiger partial charge is 0.494 e. The zero-order valence-electron chi connectivity index (χ0n) is 16.0.